The summed E-state index contributed by atoms with van der Waals surface area (Å²) in [5, 5.41) is 23.3. The Kier molecular flexibility index (Phi) is 8.64. The van der Waals surface area contributed by atoms with Gasteiger partial charge in [-0.25, -0.2) is 9.59 Å². The Morgan fingerprint density at radius 1 is 0.838 bits per heavy atom. The van der Waals surface area contributed by atoms with Crippen LogP contribution in [0.2, 0.25) is 0 Å². The number of amides is 3. The molecule has 11 heteroatoms. The Morgan fingerprint density at radius 3 is 2.22 bits per heavy atom. The van der Waals surface area contributed by atoms with Crippen molar-refractivity contribution in [3.8, 4) is 0 Å². The zero-order valence-corrected chi connectivity index (χ0v) is 20.4. The fourth-order valence-corrected chi connectivity index (χ4v) is 4.42. The summed E-state index contributed by atoms with van der Waals surface area (Å²) in [5.41, 5.74) is 5.33. The van der Waals surface area contributed by atoms with Crippen LogP contribution in [0.4, 0.5) is 11.4 Å². The third kappa shape index (κ3) is 6.73. The fraction of sp³-hybridized carbons (Fsp3) is 0.115. The molecule has 1 atom stereocenters. The number of carbonyl (C=O) groups excluding carboxylic acids is 3. The normalized spacial score (nSPS) is 11.3. The third-order valence-corrected chi connectivity index (χ3v) is 6.58. The minimum absolute atomic E-state index is 0.192. The standard InChI is InChI=1S/C26H23N3O7S/c1-2-21(24(32)29-20-9-4-3-8-18(20)22(27)30)37-16-7-5-6-15(13-16)28-23(31)17-11-10-14(25(33)34)12-19(17)26(35)36/h3-13,21H,2H2,1H3,(H2,27,30)(H,28,31)(H,29,32)(H,33,34)(H,35,36). The monoisotopic (exact) mass is 521 g/mol. The molecule has 0 aliphatic heterocycles. The molecule has 0 saturated heterocycles. The number of hydrogen-bond acceptors (Lipinski definition) is 6. The van der Waals surface area contributed by atoms with Crippen LogP contribution >= 0.6 is 11.8 Å². The second-order valence-electron chi connectivity index (χ2n) is 7.77. The molecule has 3 rings (SSSR count). The Balaban J connectivity index is 1.76. The Hall–Kier alpha value is -4.64. The van der Waals surface area contributed by atoms with Crippen molar-refractivity contribution in [1.82, 2.24) is 0 Å². The van der Waals surface area contributed by atoms with E-state index >= 15 is 0 Å². The van der Waals surface area contributed by atoms with E-state index in [0.29, 0.717) is 22.7 Å². The zero-order valence-electron chi connectivity index (χ0n) is 19.6. The van der Waals surface area contributed by atoms with Gasteiger partial charge in [0.1, 0.15) is 0 Å². The predicted octanol–water partition coefficient (Wildman–Crippen LogP) is 3.94. The first-order valence-electron chi connectivity index (χ1n) is 11.0. The van der Waals surface area contributed by atoms with Crippen molar-refractivity contribution in [1.29, 1.82) is 0 Å². The highest BCUT2D eigenvalue weighted by atomic mass is 32.2. The molecule has 1 unspecified atom stereocenters. The van der Waals surface area contributed by atoms with E-state index in [0.717, 1.165) is 18.2 Å². The molecule has 190 valence electrons. The number of carboxylic acids is 2. The summed E-state index contributed by atoms with van der Waals surface area (Å²) in [4.78, 5) is 60.7. The largest absolute Gasteiger partial charge is 0.478 e. The van der Waals surface area contributed by atoms with E-state index in [4.69, 9.17) is 10.8 Å². The highest BCUT2D eigenvalue weighted by Gasteiger charge is 2.22. The number of hydrogen-bond donors (Lipinski definition) is 5. The van der Waals surface area contributed by atoms with Gasteiger partial charge in [-0.15, -0.1) is 11.8 Å². The summed E-state index contributed by atoms with van der Waals surface area (Å²) < 4.78 is 0. The SMILES string of the molecule is CCC(Sc1cccc(NC(=O)c2ccc(C(=O)O)cc2C(=O)O)c1)C(=O)Nc1ccccc1C(N)=O. The van der Waals surface area contributed by atoms with E-state index in [1.54, 1.807) is 42.5 Å². The Morgan fingerprint density at radius 2 is 1.57 bits per heavy atom. The second-order valence-corrected chi connectivity index (χ2v) is 9.04. The molecule has 0 aliphatic carbocycles. The van der Waals surface area contributed by atoms with Crippen LogP contribution in [0.25, 0.3) is 0 Å². The Labute approximate surface area is 215 Å². The van der Waals surface area contributed by atoms with E-state index in [1.807, 2.05) is 6.92 Å². The second kappa shape index (κ2) is 11.9. The van der Waals surface area contributed by atoms with Gasteiger partial charge in [-0.05, 0) is 55.0 Å². The predicted molar refractivity (Wildman–Crippen MR) is 138 cm³/mol. The van der Waals surface area contributed by atoms with E-state index < -0.39 is 34.6 Å². The van der Waals surface area contributed by atoms with E-state index in [9.17, 15) is 29.1 Å². The van der Waals surface area contributed by atoms with Gasteiger partial charge < -0.3 is 26.6 Å². The average Bonchev–Trinajstić information content (AvgIpc) is 2.87. The number of benzene rings is 3. The molecular formula is C26H23N3O7S. The highest BCUT2D eigenvalue weighted by Crippen LogP contribution is 2.29. The number of thioether (sulfide) groups is 1. The number of carbonyl (C=O) groups is 5. The lowest BCUT2D eigenvalue weighted by Gasteiger charge is -2.16. The van der Waals surface area contributed by atoms with E-state index in [-0.39, 0.29) is 22.6 Å². The van der Waals surface area contributed by atoms with Crippen LogP contribution < -0.4 is 16.4 Å². The molecule has 0 bridgehead atoms. The maximum Gasteiger partial charge on any atom is 0.336 e. The molecule has 6 N–H and O–H groups in total. The molecular weight excluding hydrogens is 498 g/mol. The van der Waals surface area contributed by atoms with Crippen molar-refractivity contribution in [3.63, 3.8) is 0 Å². The van der Waals surface area contributed by atoms with Crippen molar-refractivity contribution < 1.29 is 34.2 Å². The molecule has 0 aromatic heterocycles. The lowest BCUT2D eigenvalue weighted by atomic mass is 10.0. The van der Waals surface area contributed by atoms with Crippen LogP contribution in [-0.4, -0.2) is 45.1 Å². The number of para-hydroxylation sites is 1. The first kappa shape index (κ1) is 27.0. The minimum Gasteiger partial charge on any atom is -0.478 e. The number of nitrogens with one attached hydrogen (secondary N) is 2. The highest BCUT2D eigenvalue weighted by molar-refractivity contribution is 8.00. The van der Waals surface area contributed by atoms with Gasteiger partial charge in [0, 0.05) is 10.6 Å². The number of nitrogens with two attached hydrogens (primary N) is 1. The molecule has 3 aromatic rings. The molecule has 0 spiro atoms. The van der Waals surface area contributed by atoms with Gasteiger partial charge in [0.25, 0.3) is 11.8 Å². The molecule has 37 heavy (non-hydrogen) atoms. The van der Waals surface area contributed by atoms with Crippen LogP contribution in [0.15, 0.2) is 71.6 Å². The van der Waals surface area contributed by atoms with Crippen molar-refractivity contribution in [3.05, 3.63) is 89.0 Å². The maximum absolute atomic E-state index is 12.9. The van der Waals surface area contributed by atoms with E-state index in [2.05, 4.69) is 10.6 Å². The quantitative estimate of drug-likeness (QED) is 0.249. The zero-order chi connectivity index (χ0) is 27.1. The third-order valence-electron chi connectivity index (χ3n) is 5.23. The van der Waals surface area contributed by atoms with Crippen molar-refractivity contribution >= 4 is 52.8 Å². The molecule has 0 fully saturated rings. The molecule has 3 amide bonds. The molecule has 0 saturated carbocycles. The lowest BCUT2D eigenvalue weighted by molar-refractivity contribution is -0.115. The molecule has 3 aromatic carbocycles. The summed E-state index contributed by atoms with van der Waals surface area (Å²) in [6.45, 7) is 1.83. The number of rotatable bonds is 10. The van der Waals surface area contributed by atoms with E-state index in [1.165, 1.54) is 17.8 Å². The summed E-state index contributed by atoms with van der Waals surface area (Å²) in [5.74, 6) is -4.48. The number of carboxylic acid groups (broad SMARTS) is 2. The van der Waals surface area contributed by atoms with Crippen molar-refractivity contribution in [2.75, 3.05) is 10.6 Å². The first-order chi connectivity index (χ1) is 17.6. The van der Waals surface area contributed by atoms with Gasteiger partial charge >= 0.3 is 11.9 Å². The van der Waals surface area contributed by atoms with Crippen LogP contribution in [0.1, 0.15) is 54.8 Å². The van der Waals surface area contributed by atoms with Crippen LogP contribution in [0, 0.1) is 0 Å². The van der Waals surface area contributed by atoms with Gasteiger partial charge in [-0.2, -0.15) is 0 Å². The minimum atomic E-state index is -1.44. The number of anilines is 2. The summed E-state index contributed by atoms with van der Waals surface area (Å²) >= 11 is 1.24. The number of aromatic carboxylic acids is 2. The fourth-order valence-electron chi connectivity index (χ4n) is 3.40. The lowest BCUT2D eigenvalue weighted by Crippen LogP contribution is -2.26. The smallest absolute Gasteiger partial charge is 0.336 e. The number of primary amides is 1. The van der Waals surface area contributed by atoms with Gasteiger partial charge in [-0.3, -0.25) is 14.4 Å². The summed E-state index contributed by atoms with van der Waals surface area (Å²) in [7, 11) is 0. The molecule has 0 aliphatic rings. The summed E-state index contributed by atoms with van der Waals surface area (Å²) in [6.07, 6.45) is 0.462. The van der Waals surface area contributed by atoms with Gasteiger partial charge in [0.15, 0.2) is 0 Å². The van der Waals surface area contributed by atoms with Gasteiger partial charge in [0.05, 0.1) is 33.2 Å². The molecule has 10 nitrogen and oxygen atoms in total. The van der Waals surface area contributed by atoms with Crippen LogP contribution in [0.5, 0.6) is 0 Å². The Bertz CT molecular complexity index is 1390. The summed E-state index contributed by atoms with van der Waals surface area (Å²) in [6, 6.07) is 16.3. The van der Waals surface area contributed by atoms with Crippen LogP contribution in [0.3, 0.4) is 0 Å². The first-order valence-corrected chi connectivity index (χ1v) is 11.9. The maximum atomic E-state index is 12.9. The van der Waals surface area contributed by atoms with Gasteiger partial charge in [0.2, 0.25) is 5.91 Å². The topological polar surface area (TPSA) is 176 Å². The van der Waals surface area contributed by atoms with Crippen LogP contribution in [-0.2, 0) is 4.79 Å². The molecule has 0 radical (unpaired) electrons. The van der Waals surface area contributed by atoms with Crippen molar-refractivity contribution in [2.24, 2.45) is 5.73 Å². The molecule has 0 heterocycles. The van der Waals surface area contributed by atoms with Gasteiger partial charge in [-0.1, -0.05) is 25.1 Å². The van der Waals surface area contributed by atoms with Crippen molar-refractivity contribution in [2.45, 2.75) is 23.5 Å². The average molecular weight is 522 g/mol.